The lowest BCUT2D eigenvalue weighted by Gasteiger charge is -2.21. The molecule has 98 heavy (non-hydrogen) atoms. The number of unbranched alkanes of at least 4 members (excludes halogenated alkanes) is 51. The highest BCUT2D eigenvalue weighted by molar-refractivity contribution is 7.47. The Bertz CT molecular complexity index is 1870. The van der Waals surface area contributed by atoms with Crippen molar-refractivity contribution in [3.63, 3.8) is 0 Å². The summed E-state index contributed by atoms with van der Waals surface area (Å²) in [6, 6.07) is 0. The molecule has 0 bridgehead atoms. The van der Waals surface area contributed by atoms with Crippen LogP contribution in [0.4, 0.5) is 0 Å². The maximum Gasteiger partial charge on any atom is 0.472 e. The number of phosphoric ester groups is 2. The van der Waals surface area contributed by atoms with Crippen molar-refractivity contribution in [1.29, 1.82) is 0 Å². The van der Waals surface area contributed by atoms with Gasteiger partial charge in [-0.3, -0.25) is 37.3 Å². The molecule has 17 nitrogen and oxygen atoms in total. The van der Waals surface area contributed by atoms with Crippen LogP contribution in [0.5, 0.6) is 0 Å². The van der Waals surface area contributed by atoms with Gasteiger partial charge in [-0.1, -0.05) is 369 Å². The third kappa shape index (κ3) is 72.4. The summed E-state index contributed by atoms with van der Waals surface area (Å²) in [7, 11) is -9.91. The number of hydrogen-bond acceptors (Lipinski definition) is 15. The summed E-state index contributed by atoms with van der Waals surface area (Å²) >= 11 is 0. The lowest BCUT2D eigenvalue weighted by Crippen LogP contribution is -2.30. The third-order valence-electron chi connectivity index (χ3n) is 18.5. The molecule has 19 heteroatoms. The van der Waals surface area contributed by atoms with Gasteiger partial charge < -0.3 is 33.8 Å². The molecule has 0 aliphatic carbocycles. The summed E-state index contributed by atoms with van der Waals surface area (Å²) in [6.07, 6.45) is 62.9. The zero-order valence-electron chi connectivity index (χ0n) is 63.9. The van der Waals surface area contributed by atoms with E-state index in [1.165, 1.54) is 244 Å². The number of phosphoric acid groups is 2. The Balaban J connectivity index is 5.16. The van der Waals surface area contributed by atoms with Crippen LogP contribution in [0.25, 0.3) is 0 Å². The number of ether oxygens (including phenoxy) is 4. The second kappa shape index (κ2) is 72.0. The molecule has 0 saturated carbocycles. The number of rotatable bonds is 79. The van der Waals surface area contributed by atoms with Crippen LogP contribution in [0.2, 0.25) is 0 Å². The van der Waals surface area contributed by atoms with E-state index in [0.717, 1.165) is 89.9 Å². The van der Waals surface area contributed by atoms with Crippen LogP contribution in [0, 0.1) is 5.92 Å². The van der Waals surface area contributed by atoms with E-state index in [9.17, 15) is 43.2 Å². The zero-order chi connectivity index (χ0) is 71.9. The molecule has 5 atom stereocenters. The minimum Gasteiger partial charge on any atom is -0.462 e. The van der Waals surface area contributed by atoms with Gasteiger partial charge in [0.15, 0.2) is 12.2 Å². The fourth-order valence-corrected chi connectivity index (χ4v) is 13.8. The fraction of sp³-hybridized carbons (Fsp3) is 0.949. The predicted molar refractivity (Wildman–Crippen MR) is 400 cm³/mol. The molecule has 0 spiro atoms. The van der Waals surface area contributed by atoms with Crippen molar-refractivity contribution >= 4 is 39.5 Å². The summed E-state index contributed by atoms with van der Waals surface area (Å²) < 4.78 is 68.5. The third-order valence-corrected chi connectivity index (χ3v) is 20.4. The van der Waals surface area contributed by atoms with Crippen LogP contribution < -0.4 is 0 Å². The van der Waals surface area contributed by atoms with Gasteiger partial charge in [0.1, 0.15) is 19.3 Å². The standard InChI is InChI=1S/C79H154O17P2/c1-6-9-12-15-18-21-23-25-27-29-31-33-35-37-39-41-44-47-53-58-63-77(82)90-68-74(95-78(83)64-59-54-48-45-42-40-38-36-34-32-30-28-26-24-22-19-16-13-10-7-2)70-93-97(85,86)91-66-73(80)67-92-98(87,88)94-71-75(96-79(84)65-60-55-50-49-51-56-61-72(4)5)69-89-76(81)62-57-52-46-43-20-17-14-11-8-3/h72-75,80H,6-71H2,1-5H3,(H,85,86)(H,87,88)/t73-,74-,75-/m1/s1. The summed E-state index contributed by atoms with van der Waals surface area (Å²) in [5.41, 5.74) is 0. The number of esters is 4. The summed E-state index contributed by atoms with van der Waals surface area (Å²) in [4.78, 5) is 72.8. The number of carbonyl (C=O) groups excluding carboxylic acids is 4. The Kier molecular flexibility index (Phi) is 70.6. The first kappa shape index (κ1) is 96.1. The Morgan fingerprint density at radius 3 is 0.694 bits per heavy atom. The van der Waals surface area contributed by atoms with E-state index >= 15 is 0 Å². The Morgan fingerprint density at radius 2 is 0.469 bits per heavy atom. The maximum atomic E-state index is 13.1. The van der Waals surface area contributed by atoms with Crippen LogP contribution in [0.3, 0.4) is 0 Å². The maximum absolute atomic E-state index is 13.1. The van der Waals surface area contributed by atoms with Crippen LogP contribution in [0.15, 0.2) is 0 Å². The normalized spacial score (nSPS) is 13.9. The molecule has 0 aromatic heterocycles. The molecule has 0 fully saturated rings. The Hall–Kier alpha value is -1.94. The highest BCUT2D eigenvalue weighted by Gasteiger charge is 2.30. The van der Waals surface area contributed by atoms with Crippen molar-refractivity contribution in [2.45, 2.75) is 438 Å². The van der Waals surface area contributed by atoms with Crippen molar-refractivity contribution in [2.75, 3.05) is 39.6 Å². The highest BCUT2D eigenvalue weighted by Crippen LogP contribution is 2.45. The molecule has 3 N–H and O–H groups in total. The smallest absolute Gasteiger partial charge is 0.462 e. The molecule has 0 saturated heterocycles. The molecule has 2 unspecified atom stereocenters. The average Bonchev–Trinajstić information content (AvgIpc) is 1.73. The first-order valence-electron chi connectivity index (χ1n) is 41.1. The molecular formula is C79H154O17P2. The molecule has 0 amide bonds. The van der Waals surface area contributed by atoms with E-state index < -0.39 is 97.5 Å². The summed E-state index contributed by atoms with van der Waals surface area (Å²) in [5, 5.41) is 10.6. The zero-order valence-corrected chi connectivity index (χ0v) is 65.7. The van der Waals surface area contributed by atoms with E-state index in [-0.39, 0.29) is 25.7 Å². The molecule has 0 heterocycles. The molecule has 0 radical (unpaired) electrons. The monoisotopic (exact) mass is 1440 g/mol. The molecule has 0 aliphatic heterocycles. The summed E-state index contributed by atoms with van der Waals surface area (Å²) in [6.45, 7) is 7.19. The molecule has 0 aromatic rings. The molecule has 0 aliphatic rings. The average molecular weight is 1440 g/mol. The molecule has 0 rings (SSSR count). The Labute approximate surface area is 600 Å². The van der Waals surface area contributed by atoms with Gasteiger partial charge >= 0.3 is 39.5 Å². The van der Waals surface area contributed by atoms with Gasteiger partial charge in [-0.15, -0.1) is 0 Å². The Morgan fingerprint density at radius 1 is 0.276 bits per heavy atom. The molecule has 0 aromatic carbocycles. The highest BCUT2D eigenvalue weighted by atomic mass is 31.2. The number of aliphatic hydroxyl groups excluding tert-OH is 1. The van der Waals surface area contributed by atoms with Gasteiger partial charge in [-0.25, -0.2) is 9.13 Å². The van der Waals surface area contributed by atoms with Crippen LogP contribution in [0.1, 0.15) is 420 Å². The van der Waals surface area contributed by atoms with Crippen molar-refractivity contribution in [2.24, 2.45) is 5.92 Å². The van der Waals surface area contributed by atoms with Gasteiger partial charge in [0.05, 0.1) is 26.4 Å². The van der Waals surface area contributed by atoms with Crippen molar-refractivity contribution in [3.8, 4) is 0 Å². The second-order valence-corrected chi connectivity index (χ2v) is 31.8. The van der Waals surface area contributed by atoms with E-state index in [2.05, 4.69) is 34.6 Å². The SMILES string of the molecule is CCCCCCCCCCCCCCCCCCCCCCC(=O)OC[C@H](COP(=O)(O)OC[C@@H](O)COP(=O)(O)OC[C@@H](COC(=O)CCCCCCCCCCC)OC(=O)CCCCCCCCC(C)C)OC(=O)CCCCCCCCCCCCCCCCCCCCCC. The van der Waals surface area contributed by atoms with Crippen molar-refractivity contribution in [3.05, 3.63) is 0 Å². The van der Waals surface area contributed by atoms with Crippen LogP contribution >= 0.6 is 15.6 Å². The number of aliphatic hydroxyl groups is 1. The van der Waals surface area contributed by atoms with Crippen molar-refractivity contribution < 1.29 is 80.2 Å². The second-order valence-electron chi connectivity index (χ2n) is 28.9. The minimum absolute atomic E-state index is 0.103. The van der Waals surface area contributed by atoms with Crippen molar-refractivity contribution in [1.82, 2.24) is 0 Å². The fourth-order valence-electron chi connectivity index (χ4n) is 12.2. The minimum atomic E-state index is -4.96. The molecular weight excluding hydrogens is 1280 g/mol. The first-order chi connectivity index (χ1) is 47.5. The number of carbonyl (C=O) groups is 4. The van der Waals surface area contributed by atoms with E-state index in [0.29, 0.717) is 31.6 Å². The van der Waals surface area contributed by atoms with Crippen LogP contribution in [-0.4, -0.2) is 96.7 Å². The van der Waals surface area contributed by atoms with E-state index in [1.807, 2.05) is 0 Å². The van der Waals surface area contributed by atoms with Gasteiger partial charge in [0.2, 0.25) is 0 Å². The lowest BCUT2D eigenvalue weighted by molar-refractivity contribution is -0.161. The van der Waals surface area contributed by atoms with Gasteiger partial charge in [0.25, 0.3) is 0 Å². The topological polar surface area (TPSA) is 237 Å². The predicted octanol–water partition coefficient (Wildman–Crippen LogP) is 23.6. The number of hydrogen-bond donors (Lipinski definition) is 3. The van der Waals surface area contributed by atoms with E-state index in [4.69, 9.17) is 37.0 Å². The van der Waals surface area contributed by atoms with Crippen LogP contribution in [-0.2, 0) is 65.4 Å². The van der Waals surface area contributed by atoms with Gasteiger partial charge in [-0.05, 0) is 31.6 Å². The van der Waals surface area contributed by atoms with E-state index in [1.54, 1.807) is 0 Å². The van der Waals surface area contributed by atoms with Gasteiger partial charge in [-0.2, -0.15) is 0 Å². The quantitative estimate of drug-likeness (QED) is 0.0222. The van der Waals surface area contributed by atoms with Gasteiger partial charge in [0, 0.05) is 25.7 Å². The largest absolute Gasteiger partial charge is 0.472 e. The summed E-state index contributed by atoms with van der Waals surface area (Å²) in [5.74, 6) is -1.45. The first-order valence-corrected chi connectivity index (χ1v) is 44.1. The molecule has 582 valence electrons. The lowest BCUT2D eigenvalue weighted by atomic mass is 10.0.